The van der Waals surface area contributed by atoms with Crippen LogP contribution in [0.3, 0.4) is 0 Å². The van der Waals surface area contributed by atoms with Gasteiger partial charge >= 0.3 is 0 Å². The van der Waals surface area contributed by atoms with E-state index in [-0.39, 0.29) is 11.9 Å². The number of carbonyl (C=O) groups is 1. The zero-order valence-electron chi connectivity index (χ0n) is 22.3. The minimum atomic E-state index is -0.196. The Balaban J connectivity index is 1.36. The first-order valence-electron chi connectivity index (χ1n) is 13.5. The number of likely N-dealkylation sites (tertiary alicyclic amines) is 1. The molecule has 2 aliphatic rings. The lowest BCUT2D eigenvalue weighted by Gasteiger charge is -2.43. The summed E-state index contributed by atoms with van der Waals surface area (Å²) in [4.78, 5) is 26.3. The number of piperidine rings is 1. The van der Waals surface area contributed by atoms with Crippen molar-refractivity contribution in [1.29, 1.82) is 0 Å². The maximum atomic E-state index is 11.3. The molecule has 2 fully saturated rings. The molecule has 2 aromatic heterocycles. The van der Waals surface area contributed by atoms with Crippen molar-refractivity contribution in [1.82, 2.24) is 24.6 Å². The summed E-state index contributed by atoms with van der Waals surface area (Å²) >= 11 is 6.20. The summed E-state index contributed by atoms with van der Waals surface area (Å²) in [5, 5.41) is 5.57. The van der Waals surface area contributed by atoms with Gasteiger partial charge in [-0.2, -0.15) is 5.10 Å². The summed E-state index contributed by atoms with van der Waals surface area (Å²) in [7, 11) is 0. The highest BCUT2D eigenvalue weighted by molar-refractivity contribution is 6.30. The standard InChI is InChI=1S/C28H38ClN7O/c1-17-14-21(29)7-9-23(17)20(4)36-28-27(19(3)33-36)31-15-26(32-28)34-13-11-24(18(2)16-34)35-12-5-6-22(35)8-10-25(30)37/h7,9,14-15,18,20,22,24H,5-6,8,10-13,16H2,1-4H3,(H2,30,37). The van der Waals surface area contributed by atoms with E-state index in [0.29, 0.717) is 24.4 Å². The molecule has 5 rings (SSSR count). The number of rotatable bonds is 7. The number of anilines is 1. The van der Waals surface area contributed by atoms with E-state index < -0.39 is 0 Å². The monoisotopic (exact) mass is 523 g/mol. The van der Waals surface area contributed by atoms with Crippen LogP contribution >= 0.6 is 11.6 Å². The van der Waals surface area contributed by atoms with E-state index in [1.165, 1.54) is 12.0 Å². The summed E-state index contributed by atoms with van der Waals surface area (Å²) in [5.41, 5.74) is 10.3. The molecule has 2 saturated heterocycles. The molecule has 3 aromatic rings. The lowest BCUT2D eigenvalue weighted by atomic mass is 9.91. The number of hydrogen-bond acceptors (Lipinski definition) is 6. The molecule has 2 N–H and O–H groups in total. The molecule has 1 amide bonds. The van der Waals surface area contributed by atoms with Crippen LogP contribution in [-0.2, 0) is 4.79 Å². The molecule has 4 unspecified atom stereocenters. The highest BCUT2D eigenvalue weighted by Gasteiger charge is 2.37. The van der Waals surface area contributed by atoms with Gasteiger partial charge in [0.05, 0.1) is 17.9 Å². The third-order valence-corrected chi connectivity index (χ3v) is 8.60. The zero-order valence-corrected chi connectivity index (χ0v) is 23.1. The van der Waals surface area contributed by atoms with Gasteiger partial charge in [0.2, 0.25) is 5.91 Å². The van der Waals surface area contributed by atoms with E-state index in [4.69, 9.17) is 32.4 Å². The van der Waals surface area contributed by atoms with Crippen molar-refractivity contribution in [2.45, 2.75) is 77.9 Å². The molecule has 198 valence electrons. The van der Waals surface area contributed by atoms with Crippen molar-refractivity contribution < 1.29 is 4.79 Å². The van der Waals surface area contributed by atoms with Gasteiger partial charge in [-0.05, 0) is 82.2 Å². The molecule has 0 saturated carbocycles. The Morgan fingerprint density at radius 1 is 1.24 bits per heavy atom. The first-order valence-corrected chi connectivity index (χ1v) is 13.9. The Morgan fingerprint density at radius 2 is 2.05 bits per heavy atom. The van der Waals surface area contributed by atoms with Gasteiger partial charge in [-0.1, -0.05) is 24.6 Å². The lowest BCUT2D eigenvalue weighted by Crippen LogP contribution is -2.52. The van der Waals surface area contributed by atoms with Crippen LogP contribution < -0.4 is 10.6 Å². The Labute approximate surface area is 224 Å². The number of benzene rings is 1. The quantitative estimate of drug-likeness (QED) is 0.484. The maximum absolute atomic E-state index is 11.3. The van der Waals surface area contributed by atoms with Crippen molar-refractivity contribution >= 4 is 34.5 Å². The van der Waals surface area contributed by atoms with Crippen LogP contribution in [0.25, 0.3) is 11.2 Å². The number of aromatic nitrogens is 4. The van der Waals surface area contributed by atoms with Gasteiger partial charge in [0.1, 0.15) is 11.3 Å². The van der Waals surface area contributed by atoms with Crippen LogP contribution in [-0.4, -0.2) is 62.3 Å². The van der Waals surface area contributed by atoms with Gasteiger partial charge in [-0.25, -0.2) is 14.6 Å². The van der Waals surface area contributed by atoms with Crippen molar-refractivity contribution in [2.75, 3.05) is 24.5 Å². The van der Waals surface area contributed by atoms with E-state index in [0.717, 1.165) is 72.2 Å². The van der Waals surface area contributed by atoms with Gasteiger partial charge in [0.15, 0.2) is 5.65 Å². The molecule has 0 radical (unpaired) electrons. The predicted octanol–water partition coefficient (Wildman–Crippen LogP) is 4.65. The second kappa shape index (κ2) is 10.6. The van der Waals surface area contributed by atoms with Crippen LogP contribution in [0.2, 0.25) is 5.02 Å². The first kappa shape index (κ1) is 25.9. The molecule has 2 aliphatic heterocycles. The summed E-state index contributed by atoms with van der Waals surface area (Å²) in [6.07, 6.45) is 6.69. The van der Waals surface area contributed by atoms with E-state index in [9.17, 15) is 4.79 Å². The van der Waals surface area contributed by atoms with E-state index in [1.54, 1.807) is 0 Å². The number of fused-ring (bicyclic) bond motifs is 1. The molecule has 0 spiro atoms. The number of amides is 1. The largest absolute Gasteiger partial charge is 0.370 e. The fourth-order valence-corrected chi connectivity index (χ4v) is 6.68. The Kier molecular flexibility index (Phi) is 7.41. The third-order valence-electron chi connectivity index (χ3n) is 8.36. The first-order chi connectivity index (χ1) is 17.7. The molecule has 1 aromatic carbocycles. The van der Waals surface area contributed by atoms with E-state index in [1.807, 2.05) is 29.9 Å². The minimum Gasteiger partial charge on any atom is -0.370 e. The molecule has 9 heteroatoms. The molecule has 8 nitrogen and oxygen atoms in total. The SMILES string of the molecule is Cc1cc(Cl)ccc1C(C)n1nc(C)c2ncc(N3CCC(N4CCCC4CCC(N)=O)C(C)C3)nc21. The molecular formula is C28H38ClN7O. The summed E-state index contributed by atoms with van der Waals surface area (Å²) in [6.45, 7) is 11.5. The summed E-state index contributed by atoms with van der Waals surface area (Å²) in [5.74, 6) is 1.20. The number of carbonyl (C=O) groups excluding carboxylic acids is 1. The number of nitrogens with two attached hydrogens (primary N) is 1. The average molecular weight is 524 g/mol. The minimum absolute atomic E-state index is 0.00942. The summed E-state index contributed by atoms with van der Waals surface area (Å²) < 4.78 is 2.00. The number of hydrogen-bond donors (Lipinski definition) is 1. The number of halogens is 1. The van der Waals surface area contributed by atoms with Crippen LogP contribution in [0.4, 0.5) is 5.82 Å². The van der Waals surface area contributed by atoms with Crippen molar-refractivity contribution in [3.05, 3.63) is 46.2 Å². The fraction of sp³-hybridized carbons (Fsp3) is 0.571. The van der Waals surface area contributed by atoms with Gasteiger partial charge in [0.25, 0.3) is 0 Å². The van der Waals surface area contributed by atoms with Crippen LogP contribution in [0.5, 0.6) is 0 Å². The van der Waals surface area contributed by atoms with Crippen LogP contribution in [0, 0.1) is 19.8 Å². The fourth-order valence-electron chi connectivity index (χ4n) is 6.45. The third kappa shape index (κ3) is 5.18. The molecule has 4 heterocycles. The van der Waals surface area contributed by atoms with Gasteiger partial charge in [-0.15, -0.1) is 0 Å². The highest BCUT2D eigenvalue weighted by Crippen LogP contribution is 2.33. The molecule has 4 atom stereocenters. The topological polar surface area (TPSA) is 93.2 Å². The average Bonchev–Trinajstić information content (AvgIpc) is 3.46. The smallest absolute Gasteiger partial charge is 0.217 e. The van der Waals surface area contributed by atoms with Gasteiger partial charge in [0, 0.05) is 36.6 Å². The van der Waals surface area contributed by atoms with E-state index >= 15 is 0 Å². The van der Waals surface area contributed by atoms with Gasteiger partial charge < -0.3 is 10.6 Å². The van der Waals surface area contributed by atoms with Crippen LogP contribution in [0.1, 0.15) is 68.8 Å². The van der Waals surface area contributed by atoms with Crippen molar-refractivity contribution in [3.8, 4) is 0 Å². The van der Waals surface area contributed by atoms with Crippen molar-refractivity contribution in [3.63, 3.8) is 0 Å². The predicted molar refractivity (Wildman–Crippen MR) is 148 cm³/mol. The normalized spacial score (nSPS) is 23.6. The lowest BCUT2D eigenvalue weighted by molar-refractivity contribution is -0.118. The number of aryl methyl sites for hydroxylation is 2. The number of primary amides is 1. The molecule has 0 aliphatic carbocycles. The van der Waals surface area contributed by atoms with Crippen LogP contribution in [0.15, 0.2) is 24.4 Å². The van der Waals surface area contributed by atoms with Gasteiger partial charge in [-0.3, -0.25) is 9.69 Å². The second-order valence-electron chi connectivity index (χ2n) is 10.9. The molecule has 37 heavy (non-hydrogen) atoms. The zero-order chi connectivity index (χ0) is 26.3. The molecular weight excluding hydrogens is 486 g/mol. The Bertz CT molecular complexity index is 1290. The molecule has 0 bridgehead atoms. The van der Waals surface area contributed by atoms with Crippen molar-refractivity contribution in [2.24, 2.45) is 11.7 Å². The highest BCUT2D eigenvalue weighted by atomic mass is 35.5. The Morgan fingerprint density at radius 3 is 2.78 bits per heavy atom. The second-order valence-corrected chi connectivity index (χ2v) is 11.4. The Hall–Kier alpha value is -2.71. The summed E-state index contributed by atoms with van der Waals surface area (Å²) in [6, 6.07) is 7.00. The number of nitrogens with zero attached hydrogens (tertiary/aromatic N) is 6. The maximum Gasteiger partial charge on any atom is 0.217 e. The van der Waals surface area contributed by atoms with E-state index in [2.05, 4.69) is 36.6 Å².